The van der Waals surface area contributed by atoms with Crippen LogP contribution >= 0.6 is 23.1 Å². The van der Waals surface area contributed by atoms with E-state index in [1.807, 2.05) is 47.8 Å². The van der Waals surface area contributed by atoms with E-state index in [1.165, 1.54) is 28.5 Å². The van der Waals surface area contributed by atoms with Gasteiger partial charge in [0.2, 0.25) is 5.91 Å². The highest BCUT2D eigenvalue weighted by Crippen LogP contribution is 2.28. The predicted octanol–water partition coefficient (Wildman–Crippen LogP) is 6.96. The van der Waals surface area contributed by atoms with Gasteiger partial charge in [-0.2, -0.15) is 0 Å². The maximum absolute atomic E-state index is 12.5. The van der Waals surface area contributed by atoms with Crippen LogP contribution in [0.5, 0.6) is 5.75 Å². The summed E-state index contributed by atoms with van der Waals surface area (Å²) in [5, 5.41) is 10.6. The molecule has 2 N–H and O–H groups in total. The summed E-state index contributed by atoms with van der Waals surface area (Å²) >= 11 is 2.83. The number of aromatic nitrogens is 1. The number of ether oxygens (including phenoxy) is 1. The van der Waals surface area contributed by atoms with Crippen molar-refractivity contribution in [2.75, 3.05) is 23.5 Å². The minimum Gasteiger partial charge on any atom is -0.497 e. The third-order valence-corrected chi connectivity index (χ3v) is 7.40. The quantitative estimate of drug-likeness (QED) is 0.214. The predicted molar refractivity (Wildman–Crippen MR) is 152 cm³/mol. The lowest BCUT2D eigenvalue weighted by atomic mass is 10.1. The molecule has 1 heterocycles. The molecule has 37 heavy (non-hydrogen) atoms. The second-order valence-corrected chi connectivity index (χ2v) is 10.1. The fourth-order valence-electron chi connectivity index (χ4n) is 3.70. The molecule has 0 atom stereocenters. The van der Waals surface area contributed by atoms with Crippen LogP contribution in [0.15, 0.2) is 101 Å². The summed E-state index contributed by atoms with van der Waals surface area (Å²) in [6.07, 6.45) is 0. The molecule has 1 aromatic heterocycles. The Hall–Kier alpha value is -4.14. The highest BCUT2D eigenvalue weighted by molar-refractivity contribution is 8.00. The summed E-state index contributed by atoms with van der Waals surface area (Å²) < 4.78 is 5.12. The highest BCUT2D eigenvalue weighted by atomic mass is 32.2. The molecule has 0 aliphatic rings. The number of hydrogen-bond acceptors (Lipinski definition) is 6. The molecule has 0 aliphatic carbocycles. The van der Waals surface area contributed by atoms with Crippen LogP contribution in [-0.4, -0.2) is 29.7 Å². The Bertz CT molecular complexity index is 1550. The Balaban J connectivity index is 1.12. The first-order chi connectivity index (χ1) is 18.1. The monoisotopic (exact) mass is 525 g/mol. The molecule has 0 unspecified atom stereocenters. The van der Waals surface area contributed by atoms with Gasteiger partial charge in [0.05, 0.1) is 18.6 Å². The van der Waals surface area contributed by atoms with Gasteiger partial charge in [0, 0.05) is 27.1 Å². The zero-order valence-electron chi connectivity index (χ0n) is 19.9. The third kappa shape index (κ3) is 6.17. The number of nitrogens with one attached hydrogen (secondary N) is 2. The lowest BCUT2D eigenvalue weighted by molar-refractivity contribution is -0.113. The van der Waals surface area contributed by atoms with Crippen molar-refractivity contribution >= 4 is 56.5 Å². The first-order valence-corrected chi connectivity index (χ1v) is 13.4. The Kier molecular flexibility index (Phi) is 7.49. The van der Waals surface area contributed by atoms with Crippen LogP contribution in [0.3, 0.4) is 0 Å². The van der Waals surface area contributed by atoms with Gasteiger partial charge in [0.15, 0.2) is 5.13 Å². The van der Waals surface area contributed by atoms with E-state index in [4.69, 9.17) is 4.74 Å². The molecule has 0 fully saturated rings. The molecule has 5 aromatic rings. The molecule has 0 radical (unpaired) electrons. The fraction of sp³-hybridized carbons (Fsp3) is 0.0690. The number of carbonyl (C=O) groups is 2. The second-order valence-electron chi connectivity index (χ2n) is 8.14. The first-order valence-electron chi connectivity index (χ1n) is 11.5. The van der Waals surface area contributed by atoms with Crippen molar-refractivity contribution in [1.82, 2.24) is 4.98 Å². The number of benzene rings is 4. The molecule has 184 valence electrons. The lowest BCUT2D eigenvalue weighted by Crippen LogP contribution is -2.13. The third-order valence-electron chi connectivity index (χ3n) is 5.63. The summed E-state index contributed by atoms with van der Waals surface area (Å²) in [6, 6.07) is 28.7. The number of fused-ring (bicyclic) bond motifs is 1. The summed E-state index contributed by atoms with van der Waals surface area (Å²) in [6.45, 7) is 0. The number of hydrogen-bond donors (Lipinski definition) is 2. The van der Waals surface area contributed by atoms with Crippen LogP contribution in [-0.2, 0) is 4.79 Å². The molecule has 0 saturated carbocycles. The van der Waals surface area contributed by atoms with E-state index in [-0.39, 0.29) is 17.6 Å². The summed E-state index contributed by atoms with van der Waals surface area (Å²) in [4.78, 5) is 30.4. The maximum Gasteiger partial charge on any atom is 0.255 e. The molecule has 0 aliphatic heterocycles. The lowest BCUT2D eigenvalue weighted by Gasteiger charge is -2.07. The molecule has 2 amide bonds. The van der Waals surface area contributed by atoms with Gasteiger partial charge in [0.25, 0.3) is 5.91 Å². The summed E-state index contributed by atoms with van der Waals surface area (Å²) in [5.74, 6) is 0.625. The van der Waals surface area contributed by atoms with Gasteiger partial charge in [-0.25, -0.2) is 4.98 Å². The first kappa shape index (κ1) is 24.5. The normalized spacial score (nSPS) is 10.7. The average Bonchev–Trinajstić information content (AvgIpc) is 3.40. The molecule has 0 bridgehead atoms. The maximum atomic E-state index is 12.5. The summed E-state index contributed by atoms with van der Waals surface area (Å²) in [5.41, 5.74) is 3.08. The zero-order chi connectivity index (χ0) is 25.6. The number of thiazole rings is 1. The standard InChI is InChI=1S/C29H23N3O3S2/c1-35-24-12-8-20(9-13-24)28(34)30-23-10-14-25(15-11-23)36-18-27(33)32-29-31-26(17-37-29)22-7-6-19-4-2-3-5-21(19)16-22/h2-17H,18H2,1H3,(H,30,34)(H,31,32,33). The SMILES string of the molecule is COc1ccc(C(=O)Nc2ccc(SCC(=O)Nc3nc(-c4ccc5ccccc5c4)cs3)cc2)cc1. The molecule has 5 rings (SSSR count). The van der Waals surface area contributed by atoms with Gasteiger partial charge in [0.1, 0.15) is 5.75 Å². The smallest absolute Gasteiger partial charge is 0.255 e. The van der Waals surface area contributed by atoms with E-state index < -0.39 is 0 Å². The summed E-state index contributed by atoms with van der Waals surface area (Å²) in [7, 11) is 1.58. The zero-order valence-corrected chi connectivity index (χ0v) is 21.6. The molecule has 8 heteroatoms. The number of thioether (sulfide) groups is 1. The number of rotatable bonds is 8. The van der Waals surface area contributed by atoms with E-state index in [1.54, 1.807) is 31.4 Å². The van der Waals surface area contributed by atoms with Crippen molar-refractivity contribution in [2.24, 2.45) is 0 Å². The minimum absolute atomic E-state index is 0.124. The van der Waals surface area contributed by atoms with E-state index >= 15 is 0 Å². The van der Waals surface area contributed by atoms with Crippen molar-refractivity contribution in [3.63, 3.8) is 0 Å². The molecule has 6 nitrogen and oxygen atoms in total. The van der Waals surface area contributed by atoms with Gasteiger partial charge in [-0.05, 0) is 65.4 Å². The van der Waals surface area contributed by atoms with Gasteiger partial charge in [-0.1, -0.05) is 36.4 Å². The Morgan fingerprint density at radius 1 is 0.892 bits per heavy atom. The van der Waals surface area contributed by atoms with Gasteiger partial charge in [-0.3, -0.25) is 9.59 Å². The number of anilines is 2. The fourth-order valence-corrected chi connectivity index (χ4v) is 5.13. The largest absolute Gasteiger partial charge is 0.497 e. The van der Waals surface area contributed by atoms with Crippen molar-refractivity contribution < 1.29 is 14.3 Å². The number of nitrogens with zero attached hydrogens (tertiary/aromatic N) is 1. The van der Waals surface area contributed by atoms with Gasteiger partial charge in [-0.15, -0.1) is 23.1 Å². The van der Waals surface area contributed by atoms with Gasteiger partial charge >= 0.3 is 0 Å². The van der Waals surface area contributed by atoms with Crippen LogP contribution in [0, 0.1) is 0 Å². The molecule has 0 spiro atoms. The van der Waals surface area contributed by atoms with Crippen LogP contribution in [0.1, 0.15) is 10.4 Å². The van der Waals surface area contributed by atoms with Crippen LogP contribution in [0.4, 0.5) is 10.8 Å². The minimum atomic E-state index is -0.200. The van der Waals surface area contributed by atoms with Crippen LogP contribution < -0.4 is 15.4 Å². The average molecular weight is 526 g/mol. The number of carbonyl (C=O) groups excluding carboxylic acids is 2. The van der Waals surface area contributed by atoms with E-state index in [0.717, 1.165) is 21.5 Å². The Morgan fingerprint density at radius 3 is 2.41 bits per heavy atom. The number of amides is 2. The number of methoxy groups -OCH3 is 1. The molecular weight excluding hydrogens is 502 g/mol. The highest BCUT2D eigenvalue weighted by Gasteiger charge is 2.10. The topological polar surface area (TPSA) is 80.3 Å². The van der Waals surface area contributed by atoms with E-state index in [0.29, 0.717) is 22.1 Å². The molecular formula is C29H23N3O3S2. The van der Waals surface area contributed by atoms with Crippen LogP contribution in [0.25, 0.3) is 22.0 Å². The van der Waals surface area contributed by atoms with Gasteiger partial charge < -0.3 is 15.4 Å². The second kappa shape index (κ2) is 11.3. The molecule has 4 aromatic carbocycles. The Labute approximate surface area is 222 Å². The van der Waals surface area contributed by atoms with Crippen molar-refractivity contribution in [1.29, 1.82) is 0 Å². The Morgan fingerprint density at radius 2 is 1.65 bits per heavy atom. The van der Waals surface area contributed by atoms with E-state index in [2.05, 4.69) is 39.9 Å². The van der Waals surface area contributed by atoms with Crippen molar-refractivity contribution in [3.05, 3.63) is 102 Å². The van der Waals surface area contributed by atoms with Crippen molar-refractivity contribution in [2.45, 2.75) is 4.90 Å². The van der Waals surface area contributed by atoms with E-state index in [9.17, 15) is 9.59 Å². The van der Waals surface area contributed by atoms with Crippen LogP contribution in [0.2, 0.25) is 0 Å². The van der Waals surface area contributed by atoms with Crippen molar-refractivity contribution in [3.8, 4) is 17.0 Å². The molecule has 0 saturated heterocycles.